The Hall–Kier alpha value is -3.23. The molecule has 2 unspecified atom stereocenters. The molecule has 2 atom stereocenters. The number of likely N-dealkylation sites (tertiary alicyclic amines) is 1. The van der Waals surface area contributed by atoms with E-state index in [9.17, 15) is 4.79 Å². The van der Waals surface area contributed by atoms with Crippen LogP contribution in [0.5, 0.6) is 0 Å². The van der Waals surface area contributed by atoms with E-state index < -0.39 is 0 Å². The number of hydrogen-bond donors (Lipinski definition) is 2. The van der Waals surface area contributed by atoms with Gasteiger partial charge in [0.2, 0.25) is 0 Å². The number of aryl methyl sites for hydroxylation is 1. The van der Waals surface area contributed by atoms with Crippen LogP contribution < -0.4 is 5.32 Å². The lowest BCUT2D eigenvalue weighted by Gasteiger charge is -2.38. The van der Waals surface area contributed by atoms with Gasteiger partial charge in [0.05, 0.1) is 12.2 Å². The molecule has 2 N–H and O–H groups in total. The smallest absolute Gasteiger partial charge is 0.317 e. The number of fused-ring (bicyclic) bond motifs is 2. The zero-order valence-electron chi connectivity index (χ0n) is 20.8. The number of nitrogens with one attached hydrogen (secondary N) is 2. The van der Waals surface area contributed by atoms with Crippen molar-refractivity contribution in [3.8, 4) is 11.3 Å². The summed E-state index contributed by atoms with van der Waals surface area (Å²) in [5, 5.41) is 14.8. The number of thiophene rings is 1. The number of nitrogens with zero attached hydrogens (tertiary/aromatic N) is 4. The van der Waals surface area contributed by atoms with Crippen molar-refractivity contribution >= 4 is 27.5 Å². The highest BCUT2D eigenvalue weighted by Gasteiger charge is 2.30. The molecule has 186 valence electrons. The summed E-state index contributed by atoms with van der Waals surface area (Å²) in [5.74, 6) is 0.539. The monoisotopic (exact) mass is 500 g/mol. The van der Waals surface area contributed by atoms with Crippen LogP contribution in [0.2, 0.25) is 0 Å². The van der Waals surface area contributed by atoms with E-state index in [1.165, 1.54) is 15.6 Å². The van der Waals surface area contributed by atoms with Crippen molar-refractivity contribution in [2.45, 2.75) is 45.8 Å². The van der Waals surface area contributed by atoms with Gasteiger partial charge in [0.15, 0.2) is 0 Å². The van der Waals surface area contributed by atoms with Gasteiger partial charge in [-0.05, 0) is 53.8 Å². The molecule has 1 fully saturated rings. The van der Waals surface area contributed by atoms with Gasteiger partial charge in [-0.1, -0.05) is 25.1 Å². The van der Waals surface area contributed by atoms with Gasteiger partial charge in [0, 0.05) is 72.1 Å². The molecule has 1 saturated heterocycles. The van der Waals surface area contributed by atoms with Crippen molar-refractivity contribution in [2.75, 3.05) is 19.6 Å². The van der Waals surface area contributed by atoms with Crippen LogP contribution in [0.1, 0.15) is 35.9 Å². The summed E-state index contributed by atoms with van der Waals surface area (Å²) in [6.45, 7) is 8.41. The number of carbonyl (C=O) groups excluding carboxylic acids is 1. The Morgan fingerprint density at radius 3 is 3.03 bits per heavy atom. The van der Waals surface area contributed by atoms with E-state index >= 15 is 0 Å². The molecule has 4 aromatic rings. The molecular weight excluding hydrogens is 468 g/mol. The second kappa shape index (κ2) is 9.67. The van der Waals surface area contributed by atoms with Crippen molar-refractivity contribution < 1.29 is 4.79 Å². The Kier molecular flexibility index (Phi) is 6.23. The normalized spacial score (nSPS) is 20.4. The standard InChI is InChI=1S/C28H32N6OS/c1-18-11-22(15-33(13-18)14-21-17-36-26-6-4-3-5-23(21)26)30-28(35)34-10-8-25-24(16-34)27(32-31-25)20-7-9-29-19(2)12-20/h3-7,9,12,17-18,22H,8,10-11,13-16H2,1-2H3,(H,30,35)(H,31,32). The second-order valence-corrected chi connectivity index (χ2v) is 11.2. The van der Waals surface area contributed by atoms with Crippen LogP contribution in [0, 0.1) is 12.8 Å². The van der Waals surface area contributed by atoms with E-state index in [4.69, 9.17) is 0 Å². The number of aromatic amines is 1. The maximum absolute atomic E-state index is 13.4. The van der Waals surface area contributed by atoms with E-state index in [2.05, 4.69) is 62.0 Å². The Bertz CT molecular complexity index is 1390. The number of aromatic nitrogens is 3. The fraction of sp³-hybridized carbons (Fsp3) is 0.393. The summed E-state index contributed by atoms with van der Waals surface area (Å²) in [4.78, 5) is 22.1. The minimum absolute atomic E-state index is 0.0266. The molecule has 0 aliphatic carbocycles. The van der Waals surface area contributed by atoms with E-state index in [0.717, 1.165) is 60.7 Å². The van der Waals surface area contributed by atoms with Crippen molar-refractivity contribution in [3.05, 3.63) is 70.5 Å². The molecule has 36 heavy (non-hydrogen) atoms. The van der Waals surface area contributed by atoms with Crippen LogP contribution in [0.25, 0.3) is 21.3 Å². The highest BCUT2D eigenvalue weighted by atomic mass is 32.1. The summed E-state index contributed by atoms with van der Waals surface area (Å²) in [7, 11) is 0. The van der Waals surface area contributed by atoms with Crippen molar-refractivity contribution in [2.24, 2.45) is 5.92 Å². The first-order chi connectivity index (χ1) is 17.5. The van der Waals surface area contributed by atoms with Gasteiger partial charge in [-0.2, -0.15) is 5.10 Å². The average molecular weight is 501 g/mol. The van der Waals surface area contributed by atoms with Crippen LogP contribution in [0.15, 0.2) is 48.0 Å². The Morgan fingerprint density at radius 2 is 2.14 bits per heavy atom. The van der Waals surface area contributed by atoms with Crippen LogP contribution in [0.4, 0.5) is 4.79 Å². The van der Waals surface area contributed by atoms with Gasteiger partial charge in [0.1, 0.15) is 0 Å². The maximum atomic E-state index is 13.4. The Morgan fingerprint density at radius 1 is 1.25 bits per heavy atom. The predicted molar refractivity (Wildman–Crippen MR) is 144 cm³/mol. The van der Waals surface area contributed by atoms with Gasteiger partial charge in [-0.25, -0.2) is 4.79 Å². The zero-order valence-corrected chi connectivity index (χ0v) is 21.6. The van der Waals surface area contributed by atoms with Crippen LogP contribution in [0.3, 0.4) is 0 Å². The molecule has 7 nitrogen and oxygen atoms in total. The first-order valence-corrected chi connectivity index (χ1v) is 13.6. The van der Waals surface area contributed by atoms with Gasteiger partial charge >= 0.3 is 6.03 Å². The number of H-pyrrole nitrogens is 1. The fourth-order valence-electron chi connectivity index (χ4n) is 5.76. The van der Waals surface area contributed by atoms with E-state index in [0.29, 0.717) is 19.0 Å². The highest BCUT2D eigenvalue weighted by Crippen LogP contribution is 2.30. The number of carbonyl (C=O) groups is 1. The SMILES string of the molecule is Cc1cc(-c2n[nH]c3c2CN(C(=O)NC2CC(C)CN(Cc4csc5ccccc45)C2)CC3)ccn1. The maximum Gasteiger partial charge on any atom is 0.317 e. The molecule has 8 heteroatoms. The molecule has 3 aromatic heterocycles. The second-order valence-electron chi connectivity index (χ2n) is 10.3. The molecule has 0 radical (unpaired) electrons. The lowest BCUT2D eigenvalue weighted by atomic mass is 9.95. The topological polar surface area (TPSA) is 77.2 Å². The lowest BCUT2D eigenvalue weighted by molar-refractivity contribution is 0.134. The summed E-state index contributed by atoms with van der Waals surface area (Å²) >= 11 is 1.81. The number of rotatable bonds is 4. The number of pyridine rings is 1. The molecule has 0 bridgehead atoms. The third-order valence-corrected chi connectivity index (χ3v) is 8.42. The van der Waals surface area contributed by atoms with E-state index in [1.54, 1.807) is 0 Å². The van der Waals surface area contributed by atoms with Crippen LogP contribution in [-0.2, 0) is 19.5 Å². The third kappa shape index (κ3) is 4.63. The average Bonchev–Trinajstić information content (AvgIpc) is 3.48. The van der Waals surface area contributed by atoms with Crippen molar-refractivity contribution in [3.63, 3.8) is 0 Å². The van der Waals surface area contributed by atoms with Gasteiger partial charge < -0.3 is 10.2 Å². The summed E-state index contributed by atoms with van der Waals surface area (Å²) in [5.41, 5.74) is 6.56. The Balaban J connectivity index is 1.12. The number of urea groups is 1. The molecular formula is C28H32N6OS. The minimum atomic E-state index is 0.0266. The highest BCUT2D eigenvalue weighted by molar-refractivity contribution is 7.17. The number of benzene rings is 1. The zero-order chi connectivity index (χ0) is 24.6. The molecule has 2 aliphatic rings. The molecule has 2 amide bonds. The fourth-order valence-corrected chi connectivity index (χ4v) is 6.71. The number of amides is 2. The van der Waals surface area contributed by atoms with Crippen molar-refractivity contribution in [1.82, 2.24) is 30.3 Å². The van der Waals surface area contributed by atoms with E-state index in [-0.39, 0.29) is 12.1 Å². The largest absolute Gasteiger partial charge is 0.334 e. The predicted octanol–water partition coefficient (Wildman–Crippen LogP) is 4.97. The van der Waals surface area contributed by atoms with Crippen molar-refractivity contribution in [1.29, 1.82) is 0 Å². The summed E-state index contributed by atoms with van der Waals surface area (Å²) < 4.78 is 1.34. The molecule has 5 heterocycles. The molecule has 1 aromatic carbocycles. The van der Waals surface area contributed by atoms with Crippen LogP contribution in [-0.4, -0.2) is 56.7 Å². The molecule has 2 aliphatic heterocycles. The van der Waals surface area contributed by atoms with Crippen LogP contribution >= 0.6 is 11.3 Å². The van der Waals surface area contributed by atoms with E-state index in [1.807, 2.05) is 41.5 Å². The summed E-state index contributed by atoms with van der Waals surface area (Å²) in [6, 6.07) is 12.8. The number of hydrogen-bond acceptors (Lipinski definition) is 5. The Labute approximate surface area is 215 Å². The molecule has 0 saturated carbocycles. The lowest BCUT2D eigenvalue weighted by Crippen LogP contribution is -2.53. The summed E-state index contributed by atoms with van der Waals surface area (Å²) in [6.07, 6.45) is 3.62. The first-order valence-electron chi connectivity index (χ1n) is 12.8. The van der Waals surface area contributed by atoms with Gasteiger partial charge in [0.25, 0.3) is 0 Å². The molecule has 0 spiro atoms. The molecule has 6 rings (SSSR count). The number of piperidine rings is 1. The van der Waals surface area contributed by atoms with Gasteiger partial charge in [-0.3, -0.25) is 15.0 Å². The van der Waals surface area contributed by atoms with Gasteiger partial charge in [-0.15, -0.1) is 11.3 Å². The third-order valence-electron chi connectivity index (χ3n) is 7.41. The minimum Gasteiger partial charge on any atom is -0.334 e. The first kappa shape index (κ1) is 23.2. The quantitative estimate of drug-likeness (QED) is 0.415.